The Bertz CT molecular complexity index is 342. The quantitative estimate of drug-likeness (QED) is 0.679. The average Bonchev–Trinajstić information content (AvgIpc) is 2.48. The lowest BCUT2D eigenvalue weighted by Crippen LogP contribution is -2.65. The third-order valence-electron chi connectivity index (χ3n) is 3.58. The monoisotopic (exact) mass is 285 g/mol. The fourth-order valence-electron chi connectivity index (χ4n) is 2.53. The van der Waals surface area contributed by atoms with E-state index in [2.05, 4.69) is 5.32 Å². The van der Waals surface area contributed by atoms with Crippen molar-refractivity contribution >= 4 is 11.9 Å². The van der Waals surface area contributed by atoms with Gasteiger partial charge in [-0.15, -0.1) is 0 Å². The highest BCUT2D eigenvalue weighted by Gasteiger charge is 2.46. The number of nitrogens with two attached hydrogens (primary N) is 1. The van der Waals surface area contributed by atoms with E-state index in [9.17, 15) is 9.59 Å². The van der Waals surface area contributed by atoms with E-state index in [1.165, 1.54) is 0 Å². The molecule has 3 N–H and O–H groups in total. The van der Waals surface area contributed by atoms with Crippen LogP contribution in [0.25, 0.3) is 0 Å². The molecule has 2 heterocycles. The summed E-state index contributed by atoms with van der Waals surface area (Å²) in [5.74, 6) is -1.94. The maximum atomic E-state index is 11.9. The molecule has 2 fully saturated rings. The van der Waals surface area contributed by atoms with E-state index < -0.39 is 5.91 Å². The maximum Gasteiger partial charge on any atom is 0.333 e. The minimum atomic E-state index is -1.30. The molecule has 0 radical (unpaired) electrons. The molecule has 0 aromatic rings. The Balaban J connectivity index is 2.18. The van der Waals surface area contributed by atoms with Gasteiger partial charge in [-0.2, -0.15) is 0 Å². The highest BCUT2D eigenvalue weighted by atomic mass is 16.8. The van der Waals surface area contributed by atoms with Crippen molar-refractivity contribution in [2.45, 2.75) is 38.0 Å². The summed E-state index contributed by atoms with van der Waals surface area (Å²) in [6, 6.07) is 0. The van der Waals surface area contributed by atoms with Crippen molar-refractivity contribution < 1.29 is 19.1 Å². The second-order valence-electron chi connectivity index (χ2n) is 5.17. The van der Waals surface area contributed by atoms with Crippen LogP contribution in [0, 0.1) is 0 Å². The van der Waals surface area contributed by atoms with Crippen LogP contribution in [-0.4, -0.2) is 55.5 Å². The van der Waals surface area contributed by atoms with Gasteiger partial charge in [-0.1, -0.05) is 0 Å². The zero-order valence-electron chi connectivity index (χ0n) is 11.7. The normalized spacial score (nSPS) is 24.4. The number of nitrogens with zero attached hydrogens (tertiary/aromatic N) is 1. The lowest BCUT2D eigenvalue weighted by molar-refractivity contribution is -0.291. The number of esters is 2. The van der Waals surface area contributed by atoms with E-state index in [0.717, 1.165) is 13.0 Å². The van der Waals surface area contributed by atoms with Crippen LogP contribution in [0.2, 0.25) is 0 Å². The molecule has 2 aliphatic rings. The Morgan fingerprint density at radius 2 is 1.85 bits per heavy atom. The standard InChI is InChI=1S/C13H23N3O4/c14-6-3-8-16-9-7-15-10-13(16)19-11(17)4-1-2-5-12(18)20-13/h15H,1-10,14H2. The third-order valence-corrected chi connectivity index (χ3v) is 3.58. The summed E-state index contributed by atoms with van der Waals surface area (Å²) in [6.45, 7) is 2.90. The molecule has 0 bridgehead atoms. The molecule has 0 unspecified atom stereocenters. The number of carbonyl (C=O) groups excluding carboxylic acids is 2. The summed E-state index contributed by atoms with van der Waals surface area (Å²) in [7, 11) is 0. The third kappa shape index (κ3) is 3.68. The Morgan fingerprint density at radius 1 is 1.20 bits per heavy atom. The molecular weight excluding hydrogens is 262 g/mol. The van der Waals surface area contributed by atoms with Crippen LogP contribution < -0.4 is 11.1 Å². The molecule has 0 aromatic heterocycles. The summed E-state index contributed by atoms with van der Waals surface area (Å²) >= 11 is 0. The molecule has 20 heavy (non-hydrogen) atoms. The van der Waals surface area contributed by atoms with Crippen molar-refractivity contribution in [3.8, 4) is 0 Å². The van der Waals surface area contributed by atoms with Gasteiger partial charge >= 0.3 is 17.8 Å². The fraction of sp³-hybridized carbons (Fsp3) is 0.846. The summed E-state index contributed by atoms with van der Waals surface area (Å²) in [5, 5.41) is 3.13. The predicted molar refractivity (Wildman–Crippen MR) is 71.5 cm³/mol. The molecule has 7 nitrogen and oxygen atoms in total. The average molecular weight is 285 g/mol. The molecule has 114 valence electrons. The van der Waals surface area contributed by atoms with Gasteiger partial charge in [0.05, 0.1) is 6.54 Å². The molecule has 2 saturated heterocycles. The molecule has 0 amide bonds. The molecule has 2 aliphatic heterocycles. The molecule has 0 aliphatic carbocycles. The Labute approximate surface area is 118 Å². The first kappa shape index (κ1) is 15.2. The molecule has 0 saturated carbocycles. The number of carbonyl (C=O) groups is 2. The lowest BCUT2D eigenvalue weighted by Gasteiger charge is -2.44. The number of hydrogen-bond acceptors (Lipinski definition) is 7. The SMILES string of the molecule is NCCCN1CCNCC12OC(=O)CCCCC(=O)O2. The van der Waals surface area contributed by atoms with Crippen LogP contribution in [-0.2, 0) is 19.1 Å². The number of rotatable bonds is 3. The van der Waals surface area contributed by atoms with E-state index in [1.54, 1.807) is 0 Å². The number of nitrogens with one attached hydrogen (secondary N) is 1. The zero-order chi connectivity index (χ0) is 14.4. The van der Waals surface area contributed by atoms with Crippen molar-refractivity contribution in [1.29, 1.82) is 0 Å². The number of hydrogen-bond donors (Lipinski definition) is 2. The Kier molecular flexibility index (Phi) is 5.33. The van der Waals surface area contributed by atoms with Gasteiger partial charge in [-0.25, -0.2) is 4.90 Å². The zero-order valence-corrected chi connectivity index (χ0v) is 11.7. The summed E-state index contributed by atoms with van der Waals surface area (Å²) in [5.41, 5.74) is 5.54. The van der Waals surface area contributed by atoms with Crippen LogP contribution in [0.1, 0.15) is 32.1 Å². The van der Waals surface area contributed by atoms with Crippen LogP contribution in [0.4, 0.5) is 0 Å². The van der Waals surface area contributed by atoms with Crippen molar-refractivity contribution in [2.75, 3.05) is 32.7 Å². The van der Waals surface area contributed by atoms with Crippen LogP contribution in [0.3, 0.4) is 0 Å². The summed E-state index contributed by atoms with van der Waals surface area (Å²) in [4.78, 5) is 25.7. The first-order valence-electron chi connectivity index (χ1n) is 7.26. The summed E-state index contributed by atoms with van der Waals surface area (Å²) in [6.07, 6.45) is 2.71. The van der Waals surface area contributed by atoms with E-state index in [0.29, 0.717) is 51.9 Å². The first-order chi connectivity index (χ1) is 9.66. The van der Waals surface area contributed by atoms with Gasteiger partial charge in [-0.05, 0) is 25.8 Å². The van der Waals surface area contributed by atoms with Crippen molar-refractivity contribution in [3.63, 3.8) is 0 Å². The van der Waals surface area contributed by atoms with E-state index in [4.69, 9.17) is 15.2 Å². The minimum Gasteiger partial charge on any atom is -0.407 e. The Morgan fingerprint density at radius 3 is 2.45 bits per heavy atom. The second-order valence-corrected chi connectivity index (χ2v) is 5.17. The van der Waals surface area contributed by atoms with Gasteiger partial charge in [0, 0.05) is 32.5 Å². The van der Waals surface area contributed by atoms with Gasteiger partial charge in [0.1, 0.15) is 0 Å². The fourth-order valence-corrected chi connectivity index (χ4v) is 2.53. The maximum absolute atomic E-state index is 11.9. The smallest absolute Gasteiger partial charge is 0.333 e. The van der Waals surface area contributed by atoms with Crippen LogP contribution in [0.15, 0.2) is 0 Å². The second kappa shape index (κ2) is 7.01. The van der Waals surface area contributed by atoms with Crippen molar-refractivity contribution in [3.05, 3.63) is 0 Å². The topological polar surface area (TPSA) is 93.9 Å². The minimum absolute atomic E-state index is 0.301. The number of ether oxygens (including phenoxy) is 2. The lowest BCUT2D eigenvalue weighted by atomic mass is 10.2. The highest BCUT2D eigenvalue weighted by Crippen LogP contribution is 2.25. The molecule has 1 spiro atoms. The van der Waals surface area contributed by atoms with Crippen LogP contribution in [0.5, 0.6) is 0 Å². The van der Waals surface area contributed by atoms with E-state index in [1.807, 2.05) is 4.90 Å². The van der Waals surface area contributed by atoms with Gasteiger partial charge in [-0.3, -0.25) is 9.59 Å². The summed E-state index contributed by atoms with van der Waals surface area (Å²) < 4.78 is 11.0. The van der Waals surface area contributed by atoms with Crippen LogP contribution >= 0.6 is 0 Å². The van der Waals surface area contributed by atoms with Gasteiger partial charge < -0.3 is 20.5 Å². The molecule has 2 rings (SSSR count). The molecule has 0 aromatic carbocycles. The van der Waals surface area contributed by atoms with E-state index >= 15 is 0 Å². The van der Waals surface area contributed by atoms with Crippen molar-refractivity contribution in [1.82, 2.24) is 10.2 Å². The molecule has 0 atom stereocenters. The molecule has 7 heteroatoms. The predicted octanol–water partition coefficient (Wildman–Crippen LogP) is -0.445. The first-order valence-corrected chi connectivity index (χ1v) is 7.26. The molecular formula is C13H23N3O4. The van der Waals surface area contributed by atoms with E-state index in [-0.39, 0.29) is 11.9 Å². The highest BCUT2D eigenvalue weighted by molar-refractivity contribution is 5.73. The van der Waals surface area contributed by atoms with Crippen molar-refractivity contribution in [2.24, 2.45) is 5.73 Å². The van der Waals surface area contributed by atoms with Gasteiger partial charge in [0.2, 0.25) is 0 Å². The largest absolute Gasteiger partial charge is 0.407 e. The van der Waals surface area contributed by atoms with Gasteiger partial charge in [0.25, 0.3) is 0 Å². The Hall–Kier alpha value is -1.18. The number of piperazine rings is 1. The van der Waals surface area contributed by atoms with Gasteiger partial charge in [0.15, 0.2) is 0 Å².